The number of hydrogen-bond donors (Lipinski definition) is 0. The van der Waals surface area contributed by atoms with E-state index in [-0.39, 0.29) is 6.10 Å². The second-order valence-corrected chi connectivity index (χ2v) is 4.47. The van der Waals surface area contributed by atoms with Gasteiger partial charge < -0.3 is 4.74 Å². The normalized spacial score (nSPS) is 22.5. The van der Waals surface area contributed by atoms with Gasteiger partial charge >= 0.3 is 0 Å². The monoisotopic (exact) mass is 306 g/mol. The summed E-state index contributed by atoms with van der Waals surface area (Å²) in [6, 6.07) is 10.1. The molecule has 1 aromatic rings. The van der Waals surface area contributed by atoms with E-state index in [1.165, 1.54) is 5.56 Å². The second-order valence-electron chi connectivity index (χ2n) is 2.85. The first kappa shape index (κ1) is 9.49. The Bertz CT molecular complexity index is 334. The summed E-state index contributed by atoms with van der Waals surface area (Å²) >= 11 is 8.20. The molecule has 1 aliphatic rings. The van der Waals surface area contributed by atoms with E-state index >= 15 is 0 Å². The Labute approximate surface area is 95.9 Å². The summed E-state index contributed by atoms with van der Waals surface area (Å²) < 4.78 is 6.65. The van der Waals surface area contributed by atoms with Gasteiger partial charge in [-0.25, -0.2) is 0 Å². The molecular formula is C10H8ClIO. The molecule has 0 saturated heterocycles. The molecule has 0 amide bonds. The predicted molar refractivity (Wildman–Crippen MR) is 62.0 cm³/mol. The molecule has 0 aromatic heterocycles. The van der Waals surface area contributed by atoms with E-state index in [0.717, 1.165) is 8.61 Å². The molecule has 2 rings (SSSR count). The van der Waals surface area contributed by atoms with E-state index in [1.54, 1.807) is 0 Å². The number of benzene rings is 1. The molecule has 1 aromatic carbocycles. The maximum absolute atomic E-state index is 5.95. The van der Waals surface area contributed by atoms with Gasteiger partial charge in [0.25, 0.3) is 0 Å². The lowest BCUT2D eigenvalue weighted by Gasteiger charge is -2.10. The van der Waals surface area contributed by atoms with Crippen molar-refractivity contribution in [1.82, 2.24) is 0 Å². The Hall–Kier alpha value is -0.0600. The van der Waals surface area contributed by atoms with Crippen molar-refractivity contribution in [2.45, 2.75) is 6.10 Å². The fraction of sp³-hybridized carbons (Fsp3) is 0.200. The molecule has 0 bridgehead atoms. The highest BCUT2D eigenvalue weighted by atomic mass is 127. The molecule has 0 saturated carbocycles. The summed E-state index contributed by atoms with van der Waals surface area (Å²) in [6.45, 7) is 0.541. The fourth-order valence-corrected chi connectivity index (χ4v) is 2.17. The molecule has 1 heterocycles. The average molecular weight is 307 g/mol. The van der Waals surface area contributed by atoms with Crippen molar-refractivity contribution < 1.29 is 4.74 Å². The topological polar surface area (TPSA) is 9.23 Å². The number of rotatable bonds is 1. The van der Waals surface area contributed by atoms with Crippen molar-refractivity contribution in [3.05, 3.63) is 44.5 Å². The molecule has 1 aliphatic heterocycles. The molecule has 0 fully saturated rings. The van der Waals surface area contributed by atoms with Gasteiger partial charge in [-0.05, 0) is 28.2 Å². The summed E-state index contributed by atoms with van der Waals surface area (Å²) in [4.78, 5) is 0. The lowest BCUT2D eigenvalue weighted by Crippen LogP contribution is -1.96. The Morgan fingerprint density at radius 3 is 2.54 bits per heavy atom. The van der Waals surface area contributed by atoms with Crippen LogP contribution in [0, 0.1) is 0 Å². The molecule has 68 valence electrons. The lowest BCUT2D eigenvalue weighted by molar-refractivity contribution is 0.127. The Morgan fingerprint density at radius 2 is 2.00 bits per heavy atom. The van der Waals surface area contributed by atoms with E-state index in [9.17, 15) is 0 Å². The highest BCUT2D eigenvalue weighted by molar-refractivity contribution is 14.1. The first-order chi connectivity index (χ1) is 6.29. The zero-order valence-electron chi connectivity index (χ0n) is 6.84. The Kier molecular flexibility index (Phi) is 2.91. The van der Waals surface area contributed by atoms with Gasteiger partial charge in [-0.1, -0.05) is 41.9 Å². The van der Waals surface area contributed by atoms with Crippen molar-refractivity contribution in [3.63, 3.8) is 0 Å². The summed E-state index contributed by atoms with van der Waals surface area (Å²) in [5, 5.41) is 0.828. The molecule has 3 heteroatoms. The zero-order valence-corrected chi connectivity index (χ0v) is 9.75. The van der Waals surface area contributed by atoms with Crippen LogP contribution in [0.1, 0.15) is 11.7 Å². The van der Waals surface area contributed by atoms with Crippen LogP contribution in [0.25, 0.3) is 0 Å². The molecule has 0 aliphatic carbocycles. The number of hydrogen-bond acceptors (Lipinski definition) is 1. The van der Waals surface area contributed by atoms with Crippen LogP contribution >= 0.6 is 34.2 Å². The maximum Gasteiger partial charge on any atom is 0.115 e. The van der Waals surface area contributed by atoms with E-state index < -0.39 is 0 Å². The summed E-state index contributed by atoms with van der Waals surface area (Å²) in [5.41, 5.74) is 1.17. The minimum atomic E-state index is 0.0503. The van der Waals surface area contributed by atoms with Gasteiger partial charge in [0.05, 0.1) is 11.6 Å². The van der Waals surface area contributed by atoms with Crippen LogP contribution in [-0.4, -0.2) is 6.61 Å². The minimum absolute atomic E-state index is 0.0503. The zero-order chi connectivity index (χ0) is 9.26. The van der Waals surface area contributed by atoms with Gasteiger partial charge in [0, 0.05) is 3.58 Å². The van der Waals surface area contributed by atoms with Gasteiger partial charge in [0.2, 0.25) is 0 Å². The van der Waals surface area contributed by atoms with Crippen LogP contribution in [0.5, 0.6) is 0 Å². The van der Waals surface area contributed by atoms with Crippen LogP contribution < -0.4 is 0 Å². The molecule has 1 unspecified atom stereocenters. The Balaban J connectivity index is 2.30. The highest BCUT2D eigenvalue weighted by Gasteiger charge is 2.24. The van der Waals surface area contributed by atoms with E-state index in [0.29, 0.717) is 6.61 Å². The van der Waals surface area contributed by atoms with Crippen molar-refractivity contribution in [3.8, 4) is 0 Å². The molecule has 1 nitrogen and oxygen atoms in total. The molecule has 13 heavy (non-hydrogen) atoms. The molecule has 1 atom stereocenters. The average Bonchev–Trinajstić information content (AvgIpc) is 2.49. The third-order valence-electron chi connectivity index (χ3n) is 1.97. The summed E-state index contributed by atoms with van der Waals surface area (Å²) in [7, 11) is 0. The standard InChI is InChI=1S/C10H8ClIO/c11-8-6-13-10(9(8)12)7-4-2-1-3-5-7/h1-5,10H,6H2. The van der Waals surface area contributed by atoms with Crippen LogP contribution in [0.3, 0.4) is 0 Å². The SMILES string of the molecule is ClC1=C(I)C(c2ccccc2)OC1. The largest absolute Gasteiger partial charge is 0.363 e. The predicted octanol–water partition coefficient (Wildman–Crippen LogP) is 3.64. The van der Waals surface area contributed by atoms with Gasteiger partial charge in [0.15, 0.2) is 0 Å². The van der Waals surface area contributed by atoms with Crippen molar-refractivity contribution >= 4 is 34.2 Å². The summed E-state index contributed by atoms with van der Waals surface area (Å²) in [6.07, 6.45) is 0.0503. The van der Waals surface area contributed by atoms with E-state index in [4.69, 9.17) is 16.3 Å². The van der Waals surface area contributed by atoms with E-state index in [1.807, 2.05) is 18.2 Å². The summed E-state index contributed by atoms with van der Waals surface area (Å²) in [5.74, 6) is 0. The van der Waals surface area contributed by atoms with Crippen molar-refractivity contribution in [1.29, 1.82) is 0 Å². The van der Waals surface area contributed by atoms with Crippen molar-refractivity contribution in [2.75, 3.05) is 6.61 Å². The molecule has 0 spiro atoms. The molecule has 0 radical (unpaired) electrons. The lowest BCUT2D eigenvalue weighted by atomic mass is 10.1. The molecule has 0 N–H and O–H groups in total. The van der Waals surface area contributed by atoms with Crippen molar-refractivity contribution in [2.24, 2.45) is 0 Å². The van der Waals surface area contributed by atoms with Crippen LogP contribution in [-0.2, 0) is 4.74 Å². The van der Waals surface area contributed by atoms with Crippen LogP contribution in [0.2, 0.25) is 0 Å². The van der Waals surface area contributed by atoms with E-state index in [2.05, 4.69) is 34.7 Å². The van der Waals surface area contributed by atoms with Gasteiger partial charge in [-0.2, -0.15) is 0 Å². The molecular weight excluding hydrogens is 298 g/mol. The second kappa shape index (κ2) is 3.98. The third-order valence-corrected chi connectivity index (χ3v) is 3.82. The van der Waals surface area contributed by atoms with Gasteiger partial charge in [0.1, 0.15) is 6.10 Å². The smallest absolute Gasteiger partial charge is 0.115 e. The first-order valence-electron chi connectivity index (χ1n) is 3.99. The van der Waals surface area contributed by atoms with Crippen LogP contribution in [0.4, 0.5) is 0 Å². The Morgan fingerprint density at radius 1 is 1.31 bits per heavy atom. The maximum atomic E-state index is 5.95. The highest BCUT2D eigenvalue weighted by Crippen LogP contribution is 2.39. The fourth-order valence-electron chi connectivity index (χ4n) is 1.31. The first-order valence-corrected chi connectivity index (χ1v) is 5.45. The quantitative estimate of drug-likeness (QED) is 0.720. The number of ether oxygens (including phenoxy) is 1. The number of halogens is 2. The minimum Gasteiger partial charge on any atom is -0.363 e. The van der Waals surface area contributed by atoms with Gasteiger partial charge in [-0.15, -0.1) is 0 Å². The van der Waals surface area contributed by atoms with Crippen LogP contribution in [0.15, 0.2) is 38.9 Å². The third kappa shape index (κ3) is 1.90. The van der Waals surface area contributed by atoms with Gasteiger partial charge in [-0.3, -0.25) is 0 Å².